The summed E-state index contributed by atoms with van der Waals surface area (Å²) in [5.74, 6) is 2.62. The van der Waals surface area contributed by atoms with Crippen LogP contribution in [0.1, 0.15) is 31.2 Å². The molecule has 21 heavy (non-hydrogen) atoms. The first-order chi connectivity index (χ1) is 10.3. The Morgan fingerprint density at radius 2 is 2.05 bits per heavy atom. The van der Waals surface area contributed by atoms with Crippen molar-refractivity contribution in [1.29, 1.82) is 0 Å². The SMILES string of the molecule is COC12CCC(CC1)CN2CCc1ccc2c(c1)OCO2. The minimum atomic E-state index is 0.00505. The molecule has 5 rings (SSSR count). The van der Waals surface area contributed by atoms with E-state index in [2.05, 4.69) is 17.0 Å². The third-order valence-corrected chi connectivity index (χ3v) is 5.43. The topological polar surface area (TPSA) is 30.9 Å². The maximum atomic E-state index is 5.92. The van der Waals surface area contributed by atoms with E-state index in [-0.39, 0.29) is 5.72 Å². The fraction of sp³-hybridized carbons (Fsp3) is 0.647. The van der Waals surface area contributed by atoms with E-state index in [4.69, 9.17) is 14.2 Å². The summed E-state index contributed by atoms with van der Waals surface area (Å²) in [7, 11) is 1.87. The molecule has 0 aromatic heterocycles. The van der Waals surface area contributed by atoms with E-state index >= 15 is 0 Å². The number of methoxy groups -OCH3 is 1. The van der Waals surface area contributed by atoms with E-state index in [0.717, 1.165) is 30.4 Å². The second-order valence-electron chi connectivity index (χ2n) is 6.48. The predicted octanol–water partition coefficient (Wildman–Crippen LogP) is 2.81. The number of hydrogen-bond donors (Lipinski definition) is 0. The minimum absolute atomic E-state index is 0.00505. The van der Waals surface area contributed by atoms with Crippen LogP contribution in [0.4, 0.5) is 0 Å². The van der Waals surface area contributed by atoms with Gasteiger partial charge in [0.1, 0.15) is 5.72 Å². The monoisotopic (exact) mass is 289 g/mol. The van der Waals surface area contributed by atoms with E-state index in [9.17, 15) is 0 Å². The fourth-order valence-corrected chi connectivity index (χ4v) is 4.09. The van der Waals surface area contributed by atoms with Gasteiger partial charge in [0.25, 0.3) is 0 Å². The molecule has 3 heterocycles. The van der Waals surface area contributed by atoms with Crippen LogP contribution in [-0.4, -0.2) is 37.6 Å². The predicted molar refractivity (Wildman–Crippen MR) is 79.5 cm³/mol. The summed E-state index contributed by atoms with van der Waals surface area (Å²) in [6, 6.07) is 6.28. The van der Waals surface area contributed by atoms with Gasteiger partial charge in [-0.1, -0.05) is 6.07 Å². The molecule has 4 nitrogen and oxygen atoms in total. The van der Waals surface area contributed by atoms with Crippen molar-refractivity contribution >= 4 is 0 Å². The van der Waals surface area contributed by atoms with E-state index < -0.39 is 0 Å². The summed E-state index contributed by atoms with van der Waals surface area (Å²) in [6.45, 7) is 2.60. The van der Waals surface area contributed by atoms with Crippen molar-refractivity contribution in [1.82, 2.24) is 4.90 Å². The Balaban J connectivity index is 1.44. The summed E-state index contributed by atoms with van der Waals surface area (Å²) >= 11 is 0. The van der Waals surface area contributed by atoms with Crippen molar-refractivity contribution in [2.75, 3.05) is 27.0 Å². The van der Waals surface area contributed by atoms with Gasteiger partial charge in [-0.3, -0.25) is 4.90 Å². The zero-order valence-corrected chi connectivity index (χ0v) is 12.6. The Morgan fingerprint density at radius 1 is 1.24 bits per heavy atom. The Kier molecular flexibility index (Phi) is 3.31. The van der Waals surface area contributed by atoms with Gasteiger partial charge in [0.15, 0.2) is 11.5 Å². The summed E-state index contributed by atoms with van der Waals surface area (Å²) in [5.41, 5.74) is 1.32. The van der Waals surface area contributed by atoms with Crippen LogP contribution < -0.4 is 9.47 Å². The lowest BCUT2D eigenvalue weighted by Crippen LogP contribution is -2.59. The first-order valence-corrected chi connectivity index (χ1v) is 7.98. The Morgan fingerprint density at radius 3 is 2.86 bits per heavy atom. The van der Waals surface area contributed by atoms with Crippen molar-refractivity contribution in [2.45, 2.75) is 37.8 Å². The summed E-state index contributed by atoms with van der Waals surface area (Å²) in [4.78, 5) is 2.56. The van der Waals surface area contributed by atoms with Gasteiger partial charge in [0, 0.05) is 20.2 Å². The maximum absolute atomic E-state index is 5.92. The molecule has 3 fully saturated rings. The van der Waals surface area contributed by atoms with Gasteiger partial charge in [-0.2, -0.15) is 0 Å². The van der Waals surface area contributed by atoms with Crippen LogP contribution in [0.15, 0.2) is 18.2 Å². The smallest absolute Gasteiger partial charge is 0.231 e. The van der Waals surface area contributed by atoms with Crippen molar-refractivity contribution in [3.8, 4) is 11.5 Å². The van der Waals surface area contributed by atoms with E-state index in [1.807, 2.05) is 13.2 Å². The molecule has 2 saturated heterocycles. The molecule has 1 aromatic rings. The average Bonchev–Trinajstić information content (AvgIpc) is 3.01. The van der Waals surface area contributed by atoms with Gasteiger partial charge in [-0.15, -0.1) is 0 Å². The number of benzene rings is 1. The Bertz CT molecular complexity index is 523. The normalized spacial score (nSPS) is 30.8. The van der Waals surface area contributed by atoms with Crippen LogP contribution in [0.25, 0.3) is 0 Å². The first-order valence-electron chi connectivity index (χ1n) is 7.98. The molecule has 0 spiro atoms. The molecule has 1 aliphatic carbocycles. The highest BCUT2D eigenvalue weighted by molar-refractivity contribution is 5.44. The Hall–Kier alpha value is -1.26. The quantitative estimate of drug-likeness (QED) is 0.853. The second-order valence-corrected chi connectivity index (χ2v) is 6.48. The molecule has 0 amide bonds. The number of piperidine rings is 2. The molecule has 0 radical (unpaired) electrons. The van der Waals surface area contributed by atoms with E-state index in [0.29, 0.717) is 6.79 Å². The maximum Gasteiger partial charge on any atom is 0.231 e. The fourth-order valence-electron chi connectivity index (χ4n) is 4.09. The van der Waals surface area contributed by atoms with Gasteiger partial charge in [-0.25, -0.2) is 0 Å². The van der Waals surface area contributed by atoms with Gasteiger partial charge < -0.3 is 14.2 Å². The molecule has 3 aliphatic heterocycles. The first kappa shape index (κ1) is 13.4. The highest BCUT2D eigenvalue weighted by Crippen LogP contribution is 2.43. The van der Waals surface area contributed by atoms with Gasteiger partial charge in [-0.05, 0) is 55.7 Å². The number of nitrogens with zero attached hydrogens (tertiary/aromatic N) is 1. The van der Waals surface area contributed by atoms with E-state index in [1.54, 1.807) is 0 Å². The van der Waals surface area contributed by atoms with Crippen LogP contribution in [-0.2, 0) is 11.2 Å². The van der Waals surface area contributed by atoms with E-state index in [1.165, 1.54) is 37.8 Å². The minimum Gasteiger partial charge on any atom is -0.454 e. The summed E-state index contributed by atoms with van der Waals surface area (Å²) in [5, 5.41) is 0. The zero-order chi connectivity index (χ0) is 14.3. The van der Waals surface area contributed by atoms with Gasteiger partial charge in [0.05, 0.1) is 0 Å². The number of ether oxygens (including phenoxy) is 3. The third kappa shape index (κ3) is 2.30. The van der Waals surface area contributed by atoms with Crippen molar-refractivity contribution in [3.63, 3.8) is 0 Å². The molecule has 2 bridgehead atoms. The van der Waals surface area contributed by atoms with Crippen LogP contribution in [0.5, 0.6) is 11.5 Å². The lowest BCUT2D eigenvalue weighted by molar-refractivity contribution is -0.197. The van der Waals surface area contributed by atoms with Crippen molar-refractivity contribution in [2.24, 2.45) is 5.92 Å². The van der Waals surface area contributed by atoms with Gasteiger partial charge in [0.2, 0.25) is 6.79 Å². The third-order valence-electron chi connectivity index (χ3n) is 5.43. The van der Waals surface area contributed by atoms with Crippen LogP contribution in [0.3, 0.4) is 0 Å². The van der Waals surface area contributed by atoms with Gasteiger partial charge >= 0.3 is 0 Å². The number of hydrogen-bond acceptors (Lipinski definition) is 4. The number of fused-ring (bicyclic) bond motifs is 4. The standard InChI is InChI=1S/C17H23NO3/c1-19-17-7-4-14(5-8-17)11-18(17)9-6-13-2-3-15-16(10-13)21-12-20-15/h2-3,10,14H,4-9,11-12H2,1H3. The molecular formula is C17H23NO3. The van der Waals surface area contributed by atoms with Crippen LogP contribution in [0, 0.1) is 5.92 Å². The summed E-state index contributed by atoms with van der Waals surface area (Å²) < 4.78 is 16.8. The largest absolute Gasteiger partial charge is 0.454 e. The lowest BCUT2D eigenvalue weighted by Gasteiger charge is -2.53. The molecular weight excluding hydrogens is 266 g/mol. The number of rotatable bonds is 4. The molecule has 1 saturated carbocycles. The van der Waals surface area contributed by atoms with Crippen molar-refractivity contribution in [3.05, 3.63) is 23.8 Å². The van der Waals surface area contributed by atoms with Crippen LogP contribution in [0.2, 0.25) is 0 Å². The lowest BCUT2D eigenvalue weighted by atomic mass is 9.77. The molecule has 0 atom stereocenters. The summed E-state index contributed by atoms with van der Waals surface area (Å²) in [6.07, 6.45) is 6.07. The highest BCUT2D eigenvalue weighted by atomic mass is 16.7. The molecule has 114 valence electrons. The molecule has 0 unspecified atom stereocenters. The molecule has 1 aromatic carbocycles. The molecule has 4 heteroatoms. The van der Waals surface area contributed by atoms with Crippen LogP contribution >= 0.6 is 0 Å². The van der Waals surface area contributed by atoms with Crippen molar-refractivity contribution < 1.29 is 14.2 Å². The average molecular weight is 289 g/mol. The second kappa shape index (κ2) is 5.18. The molecule has 4 aliphatic rings. The zero-order valence-electron chi connectivity index (χ0n) is 12.6. The molecule has 0 N–H and O–H groups in total. The Labute approximate surface area is 126 Å². The highest BCUT2D eigenvalue weighted by Gasteiger charge is 2.46.